The molecular weight excluding hydrogens is 460 g/mol. The van der Waals surface area contributed by atoms with Crippen LogP contribution in [0.4, 0.5) is 10.8 Å². The molecule has 5 rings (SSSR count). The number of carbonyl (C=O) groups excluding carboxylic acids is 2. The summed E-state index contributed by atoms with van der Waals surface area (Å²) in [5.41, 5.74) is 2.25. The van der Waals surface area contributed by atoms with Gasteiger partial charge in [0, 0.05) is 37.1 Å². The highest BCUT2D eigenvalue weighted by atomic mass is 32.1. The van der Waals surface area contributed by atoms with E-state index in [1.54, 1.807) is 4.90 Å². The number of thiophene rings is 1. The van der Waals surface area contributed by atoms with Crippen LogP contribution in [0.25, 0.3) is 11.3 Å². The number of benzene rings is 1. The second-order valence-electron chi connectivity index (χ2n) is 7.80. The molecule has 1 fully saturated rings. The number of hydrogen-bond acceptors (Lipinski definition) is 8. The summed E-state index contributed by atoms with van der Waals surface area (Å²) in [7, 11) is 0. The van der Waals surface area contributed by atoms with E-state index >= 15 is 0 Å². The Kier molecular flexibility index (Phi) is 6.68. The molecule has 0 radical (unpaired) electrons. The van der Waals surface area contributed by atoms with Gasteiger partial charge in [0.15, 0.2) is 11.7 Å². The van der Waals surface area contributed by atoms with Crippen LogP contribution in [0.5, 0.6) is 5.75 Å². The summed E-state index contributed by atoms with van der Waals surface area (Å²) in [5, 5.41) is 7.36. The summed E-state index contributed by atoms with van der Waals surface area (Å²) in [4.78, 5) is 34.6. The van der Waals surface area contributed by atoms with Gasteiger partial charge in [-0.25, -0.2) is 4.98 Å². The highest BCUT2D eigenvalue weighted by molar-refractivity contribution is 7.14. The highest BCUT2D eigenvalue weighted by Gasteiger charge is 2.23. The third-order valence-electron chi connectivity index (χ3n) is 5.57. The Labute approximate surface area is 199 Å². The predicted molar refractivity (Wildman–Crippen MR) is 130 cm³/mol. The van der Waals surface area contributed by atoms with Crippen LogP contribution in [0.15, 0.2) is 41.1 Å². The molecule has 4 heterocycles. The van der Waals surface area contributed by atoms with Crippen molar-refractivity contribution < 1.29 is 19.1 Å². The van der Waals surface area contributed by atoms with Gasteiger partial charge in [0.25, 0.3) is 11.8 Å². The third-order valence-corrected chi connectivity index (χ3v) is 7.29. The second-order valence-corrected chi connectivity index (χ2v) is 9.59. The van der Waals surface area contributed by atoms with E-state index in [1.165, 1.54) is 22.7 Å². The highest BCUT2D eigenvalue weighted by Crippen LogP contribution is 2.35. The van der Waals surface area contributed by atoms with E-state index in [2.05, 4.69) is 10.2 Å². The Morgan fingerprint density at radius 1 is 1.21 bits per heavy atom. The lowest BCUT2D eigenvalue weighted by Gasteiger charge is -2.27. The number of anilines is 2. The van der Waals surface area contributed by atoms with Crippen LogP contribution in [0.3, 0.4) is 0 Å². The first-order chi connectivity index (χ1) is 16.2. The number of carbonyl (C=O) groups is 2. The first-order valence-electron chi connectivity index (χ1n) is 10.9. The van der Waals surface area contributed by atoms with E-state index in [-0.39, 0.29) is 18.4 Å². The van der Waals surface area contributed by atoms with E-state index in [0.29, 0.717) is 28.0 Å². The van der Waals surface area contributed by atoms with Crippen molar-refractivity contribution in [3.05, 3.63) is 46.0 Å². The fourth-order valence-corrected chi connectivity index (χ4v) is 5.39. The molecule has 0 saturated carbocycles. The quantitative estimate of drug-likeness (QED) is 0.552. The molecule has 0 unspecified atom stereocenters. The molecule has 1 N–H and O–H groups in total. The molecule has 33 heavy (non-hydrogen) atoms. The van der Waals surface area contributed by atoms with E-state index in [4.69, 9.17) is 14.5 Å². The normalized spacial score (nSPS) is 16.1. The molecule has 0 atom stereocenters. The topological polar surface area (TPSA) is 84.0 Å². The number of nitrogens with one attached hydrogen (secondary N) is 1. The van der Waals surface area contributed by atoms with Gasteiger partial charge in [-0.1, -0.05) is 6.07 Å². The molecule has 0 aliphatic carbocycles. The smallest absolute Gasteiger partial charge is 0.270 e. The lowest BCUT2D eigenvalue weighted by atomic mass is 10.1. The van der Waals surface area contributed by atoms with Crippen molar-refractivity contribution in [3.63, 3.8) is 0 Å². The maximum Gasteiger partial charge on any atom is 0.270 e. The molecule has 2 aromatic heterocycles. The minimum absolute atomic E-state index is 0.0252. The molecule has 8 nitrogen and oxygen atoms in total. The van der Waals surface area contributed by atoms with E-state index in [9.17, 15) is 9.59 Å². The molecular formula is C23H24N4O4S2. The van der Waals surface area contributed by atoms with Gasteiger partial charge in [-0.3, -0.25) is 19.4 Å². The van der Waals surface area contributed by atoms with E-state index < -0.39 is 0 Å². The molecule has 3 aromatic rings. The van der Waals surface area contributed by atoms with Crippen molar-refractivity contribution in [3.8, 4) is 17.0 Å². The Bertz CT molecular complexity index is 1130. The number of nitrogens with zero attached hydrogens (tertiary/aromatic N) is 3. The van der Waals surface area contributed by atoms with Crippen LogP contribution in [0, 0.1) is 0 Å². The van der Waals surface area contributed by atoms with Gasteiger partial charge in [0.05, 0.1) is 29.5 Å². The Morgan fingerprint density at radius 2 is 2.09 bits per heavy atom. The zero-order valence-corrected chi connectivity index (χ0v) is 19.6. The molecule has 172 valence electrons. The number of hydrogen-bond donors (Lipinski definition) is 1. The van der Waals surface area contributed by atoms with Crippen LogP contribution < -0.4 is 15.0 Å². The lowest BCUT2D eigenvalue weighted by molar-refractivity contribution is -0.118. The number of rotatable bonds is 7. The summed E-state index contributed by atoms with van der Waals surface area (Å²) in [5.74, 6) is 0.442. The van der Waals surface area contributed by atoms with Crippen molar-refractivity contribution in [1.82, 2.24) is 9.88 Å². The Hall–Kier alpha value is -2.79. The SMILES string of the molecule is O=C1COc2ccc(-c3csc(N(CCCN4CCOCC4)C(=O)c4cccs4)n3)cc2N1. The summed E-state index contributed by atoms with van der Waals surface area (Å²) in [6.07, 6.45) is 0.855. The number of ether oxygens (including phenoxy) is 2. The maximum atomic E-state index is 13.3. The fraction of sp³-hybridized carbons (Fsp3) is 0.348. The van der Waals surface area contributed by atoms with Crippen LogP contribution >= 0.6 is 22.7 Å². The molecule has 0 bridgehead atoms. The van der Waals surface area contributed by atoms with Gasteiger partial charge in [-0.15, -0.1) is 22.7 Å². The molecule has 2 amide bonds. The number of aromatic nitrogens is 1. The molecule has 1 aromatic carbocycles. The molecule has 10 heteroatoms. The van der Waals surface area contributed by atoms with Crippen molar-refractivity contribution in [2.24, 2.45) is 0 Å². The lowest BCUT2D eigenvalue weighted by Crippen LogP contribution is -2.39. The maximum absolute atomic E-state index is 13.3. The van der Waals surface area contributed by atoms with Crippen LogP contribution in [-0.2, 0) is 9.53 Å². The van der Waals surface area contributed by atoms with Crippen molar-refractivity contribution in [2.45, 2.75) is 6.42 Å². The number of fused-ring (bicyclic) bond motifs is 1. The number of morpholine rings is 1. The second kappa shape index (κ2) is 10.0. The third kappa shape index (κ3) is 5.09. The number of amides is 2. The zero-order valence-electron chi connectivity index (χ0n) is 18.0. The van der Waals surface area contributed by atoms with Crippen molar-refractivity contribution in [1.29, 1.82) is 0 Å². The summed E-state index contributed by atoms with van der Waals surface area (Å²) >= 11 is 2.89. The first-order valence-corrected chi connectivity index (χ1v) is 12.6. The Morgan fingerprint density at radius 3 is 2.91 bits per heavy atom. The van der Waals surface area contributed by atoms with Crippen LogP contribution in [0.2, 0.25) is 0 Å². The van der Waals surface area contributed by atoms with Gasteiger partial charge in [-0.05, 0) is 36.1 Å². The molecule has 2 aliphatic heterocycles. The van der Waals surface area contributed by atoms with Gasteiger partial charge < -0.3 is 14.8 Å². The van der Waals surface area contributed by atoms with Crippen molar-refractivity contribution in [2.75, 3.05) is 56.2 Å². The summed E-state index contributed by atoms with van der Waals surface area (Å²) in [6.45, 7) is 4.92. The first kappa shape index (κ1) is 22.0. The average molecular weight is 485 g/mol. The van der Waals surface area contributed by atoms with Crippen LogP contribution in [0.1, 0.15) is 16.1 Å². The van der Waals surface area contributed by atoms with Gasteiger partial charge in [0.2, 0.25) is 0 Å². The molecule has 0 spiro atoms. The van der Waals surface area contributed by atoms with Crippen LogP contribution in [-0.4, -0.2) is 67.7 Å². The largest absolute Gasteiger partial charge is 0.482 e. The minimum Gasteiger partial charge on any atom is -0.482 e. The molecule has 1 saturated heterocycles. The zero-order chi connectivity index (χ0) is 22.6. The minimum atomic E-state index is -0.174. The van der Waals surface area contributed by atoms with Crippen molar-refractivity contribution >= 4 is 45.3 Å². The summed E-state index contributed by atoms with van der Waals surface area (Å²) in [6, 6.07) is 9.34. The monoisotopic (exact) mass is 484 g/mol. The molecule has 2 aliphatic rings. The number of thiazole rings is 1. The standard InChI is InChI=1S/C23H24N4O4S2/c28-21-14-31-19-5-4-16(13-17(19)24-21)18-15-33-23(25-18)27(22(29)20-3-1-12-32-20)7-2-6-26-8-10-30-11-9-26/h1,3-5,12-13,15H,2,6-11,14H2,(H,24,28). The van der Waals surface area contributed by atoms with Gasteiger partial charge in [-0.2, -0.15) is 0 Å². The summed E-state index contributed by atoms with van der Waals surface area (Å²) < 4.78 is 10.9. The van der Waals surface area contributed by atoms with Gasteiger partial charge in [0.1, 0.15) is 5.75 Å². The van der Waals surface area contributed by atoms with E-state index in [1.807, 2.05) is 41.1 Å². The predicted octanol–water partition coefficient (Wildman–Crippen LogP) is 3.57. The van der Waals surface area contributed by atoms with Gasteiger partial charge >= 0.3 is 0 Å². The average Bonchev–Trinajstić information content (AvgIpc) is 3.54. The fourth-order valence-electron chi connectivity index (χ4n) is 3.86. The Balaban J connectivity index is 1.35. The van der Waals surface area contributed by atoms with E-state index in [0.717, 1.165) is 50.5 Å².